The molecule has 1 N–H and O–H groups in total. The van der Waals surface area contributed by atoms with Gasteiger partial charge in [0.25, 0.3) is 0 Å². The van der Waals surface area contributed by atoms with Crippen LogP contribution in [0.2, 0.25) is 5.02 Å². The van der Waals surface area contributed by atoms with E-state index >= 15 is 0 Å². The first kappa shape index (κ1) is 18.4. The van der Waals surface area contributed by atoms with Crippen molar-refractivity contribution in [3.8, 4) is 11.5 Å². The molecular formula is C16H25Cl2NO2. The van der Waals surface area contributed by atoms with Crippen LogP contribution in [-0.2, 0) is 6.54 Å². The van der Waals surface area contributed by atoms with Gasteiger partial charge in [-0.3, -0.25) is 0 Å². The molecule has 0 spiro atoms. The average Bonchev–Trinajstić information content (AvgIpc) is 2.73. The zero-order valence-corrected chi connectivity index (χ0v) is 14.4. The Kier molecular flexibility index (Phi) is 8.23. The maximum Gasteiger partial charge on any atom is 0.179 e. The van der Waals surface area contributed by atoms with Gasteiger partial charge in [-0.2, -0.15) is 0 Å². The fourth-order valence-corrected chi connectivity index (χ4v) is 3.13. The molecule has 0 aliphatic heterocycles. The van der Waals surface area contributed by atoms with Gasteiger partial charge in [0.1, 0.15) is 0 Å². The fourth-order valence-electron chi connectivity index (χ4n) is 2.82. The van der Waals surface area contributed by atoms with Gasteiger partial charge < -0.3 is 14.8 Å². The standard InChI is InChI=1S/C16H24ClNO2.ClH/c1-19-15-10-12(9-14(17)16(15)20-2)11-18-13-7-5-3-4-6-8-13;/h9-10,13,18H,3-8,11H2,1-2H3;1H. The highest BCUT2D eigenvalue weighted by molar-refractivity contribution is 6.32. The van der Waals surface area contributed by atoms with E-state index in [1.165, 1.54) is 38.5 Å². The van der Waals surface area contributed by atoms with Crippen molar-refractivity contribution >= 4 is 24.0 Å². The predicted molar refractivity (Wildman–Crippen MR) is 90.1 cm³/mol. The van der Waals surface area contributed by atoms with E-state index in [1.807, 2.05) is 12.1 Å². The van der Waals surface area contributed by atoms with Gasteiger partial charge in [0, 0.05) is 12.6 Å². The highest BCUT2D eigenvalue weighted by atomic mass is 35.5. The Morgan fingerprint density at radius 2 is 1.76 bits per heavy atom. The molecule has 1 aromatic carbocycles. The van der Waals surface area contributed by atoms with Crippen LogP contribution in [0.4, 0.5) is 0 Å². The maximum absolute atomic E-state index is 6.23. The Hall–Kier alpha value is -0.640. The normalized spacial score (nSPS) is 16.0. The third kappa shape index (κ3) is 5.24. The molecule has 120 valence electrons. The second kappa shape index (κ2) is 9.39. The summed E-state index contributed by atoms with van der Waals surface area (Å²) in [6.45, 7) is 0.824. The van der Waals surface area contributed by atoms with Gasteiger partial charge in [-0.25, -0.2) is 0 Å². The molecule has 0 aromatic heterocycles. The first-order valence-corrected chi connectivity index (χ1v) is 7.76. The molecule has 0 atom stereocenters. The van der Waals surface area contributed by atoms with Crippen molar-refractivity contribution in [3.05, 3.63) is 22.7 Å². The van der Waals surface area contributed by atoms with Crippen LogP contribution < -0.4 is 14.8 Å². The van der Waals surface area contributed by atoms with Gasteiger partial charge in [0.05, 0.1) is 19.2 Å². The third-order valence-corrected chi connectivity index (χ3v) is 4.22. The lowest BCUT2D eigenvalue weighted by Gasteiger charge is -2.17. The summed E-state index contributed by atoms with van der Waals surface area (Å²) in [5, 5.41) is 4.24. The van der Waals surface area contributed by atoms with E-state index < -0.39 is 0 Å². The molecule has 1 fully saturated rings. The SMILES string of the molecule is COc1cc(CNC2CCCCCC2)cc(Cl)c1OC.Cl. The minimum Gasteiger partial charge on any atom is -0.493 e. The van der Waals surface area contributed by atoms with Gasteiger partial charge in [-0.15, -0.1) is 12.4 Å². The Morgan fingerprint density at radius 1 is 1.10 bits per heavy atom. The maximum atomic E-state index is 6.23. The van der Waals surface area contributed by atoms with Crippen molar-refractivity contribution in [2.24, 2.45) is 0 Å². The van der Waals surface area contributed by atoms with Crippen LogP contribution in [0.1, 0.15) is 44.1 Å². The summed E-state index contributed by atoms with van der Waals surface area (Å²) in [7, 11) is 3.24. The fraction of sp³-hybridized carbons (Fsp3) is 0.625. The first-order chi connectivity index (χ1) is 9.74. The summed E-state index contributed by atoms with van der Waals surface area (Å²) in [4.78, 5) is 0. The van der Waals surface area contributed by atoms with Crippen LogP contribution in [0, 0.1) is 0 Å². The molecule has 0 heterocycles. The molecule has 2 rings (SSSR count). The van der Waals surface area contributed by atoms with E-state index in [-0.39, 0.29) is 12.4 Å². The molecule has 1 aromatic rings. The quantitative estimate of drug-likeness (QED) is 0.799. The molecule has 1 aliphatic rings. The van der Waals surface area contributed by atoms with Crippen LogP contribution in [-0.4, -0.2) is 20.3 Å². The number of hydrogen-bond donors (Lipinski definition) is 1. The van der Waals surface area contributed by atoms with Crippen molar-refractivity contribution in [1.82, 2.24) is 5.32 Å². The van der Waals surface area contributed by atoms with E-state index in [0.29, 0.717) is 22.6 Å². The highest BCUT2D eigenvalue weighted by Crippen LogP contribution is 2.36. The van der Waals surface area contributed by atoms with E-state index in [4.69, 9.17) is 21.1 Å². The number of methoxy groups -OCH3 is 2. The number of ether oxygens (including phenoxy) is 2. The van der Waals surface area contributed by atoms with E-state index in [9.17, 15) is 0 Å². The van der Waals surface area contributed by atoms with Crippen molar-refractivity contribution < 1.29 is 9.47 Å². The summed E-state index contributed by atoms with van der Waals surface area (Å²) in [5.74, 6) is 1.30. The number of rotatable bonds is 5. The van der Waals surface area contributed by atoms with Crippen molar-refractivity contribution in [3.63, 3.8) is 0 Å². The smallest absolute Gasteiger partial charge is 0.179 e. The van der Waals surface area contributed by atoms with E-state index in [1.54, 1.807) is 14.2 Å². The molecule has 0 amide bonds. The molecule has 0 bridgehead atoms. The Bertz CT molecular complexity index is 433. The van der Waals surface area contributed by atoms with Crippen LogP contribution in [0.5, 0.6) is 11.5 Å². The summed E-state index contributed by atoms with van der Waals surface area (Å²) in [5.41, 5.74) is 1.14. The summed E-state index contributed by atoms with van der Waals surface area (Å²) < 4.78 is 10.6. The lowest BCUT2D eigenvalue weighted by Crippen LogP contribution is -2.27. The topological polar surface area (TPSA) is 30.5 Å². The first-order valence-electron chi connectivity index (χ1n) is 7.38. The summed E-state index contributed by atoms with van der Waals surface area (Å²) in [6.07, 6.45) is 7.98. The highest BCUT2D eigenvalue weighted by Gasteiger charge is 2.14. The zero-order valence-electron chi connectivity index (χ0n) is 12.8. The van der Waals surface area contributed by atoms with Gasteiger partial charge in [0.2, 0.25) is 0 Å². The lowest BCUT2D eigenvalue weighted by molar-refractivity contribution is 0.354. The minimum absolute atomic E-state index is 0. The Labute approximate surface area is 138 Å². The van der Waals surface area contributed by atoms with Crippen molar-refractivity contribution in [2.75, 3.05) is 14.2 Å². The Morgan fingerprint density at radius 3 is 2.33 bits per heavy atom. The molecular weight excluding hydrogens is 309 g/mol. The summed E-state index contributed by atoms with van der Waals surface area (Å²) in [6, 6.07) is 4.57. The van der Waals surface area contributed by atoms with Crippen LogP contribution in [0.15, 0.2) is 12.1 Å². The molecule has 5 heteroatoms. The average molecular weight is 334 g/mol. The Balaban J connectivity index is 0.00000220. The molecule has 21 heavy (non-hydrogen) atoms. The molecule has 3 nitrogen and oxygen atoms in total. The monoisotopic (exact) mass is 333 g/mol. The van der Waals surface area contributed by atoms with Gasteiger partial charge in [-0.1, -0.05) is 37.3 Å². The zero-order chi connectivity index (χ0) is 14.4. The third-order valence-electron chi connectivity index (χ3n) is 3.94. The van der Waals surface area contributed by atoms with Gasteiger partial charge >= 0.3 is 0 Å². The van der Waals surface area contributed by atoms with E-state index in [2.05, 4.69) is 5.32 Å². The summed E-state index contributed by atoms with van der Waals surface area (Å²) >= 11 is 6.23. The number of benzene rings is 1. The van der Waals surface area contributed by atoms with Crippen LogP contribution >= 0.6 is 24.0 Å². The van der Waals surface area contributed by atoms with Gasteiger partial charge in [0.15, 0.2) is 11.5 Å². The molecule has 0 unspecified atom stereocenters. The van der Waals surface area contributed by atoms with Crippen molar-refractivity contribution in [1.29, 1.82) is 0 Å². The number of hydrogen-bond acceptors (Lipinski definition) is 3. The van der Waals surface area contributed by atoms with Gasteiger partial charge in [-0.05, 0) is 30.5 Å². The predicted octanol–water partition coefficient (Wildman–Crippen LogP) is 4.59. The number of nitrogens with one attached hydrogen (secondary N) is 1. The second-order valence-electron chi connectivity index (χ2n) is 5.38. The minimum atomic E-state index is 0. The number of halogens is 2. The lowest BCUT2D eigenvalue weighted by atomic mass is 10.1. The largest absolute Gasteiger partial charge is 0.493 e. The molecule has 0 radical (unpaired) electrons. The molecule has 0 saturated heterocycles. The van der Waals surface area contributed by atoms with Crippen LogP contribution in [0.25, 0.3) is 0 Å². The second-order valence-corrected chi connectivity index (χ2v) is 5.79. The molecule has 1 saturated carbocycles. The van der Waals surface area contributed by atoms with Crippen LogP contribution in [0.3, 0.4) is 0 Å². The molecule has 1 aliphatic carbocycles. The van der Waals surface area contributed by atoms with Crippen molar-refractivity contribution in [2.45, 2.75) is 51.1 Å². The van der Waals surface area contributed by atoms with E-state index in [0.717, 1.165) is 12.1 Å².